The topological polar surface area (TPSA) is 134 Å². The quantitative estimate of drug-likeness (QED) is 0.291. The Morgan fingerprint density at radius 2 is 1.62 bits per heavy atom. The standard InChI is InChI=1S/C21H14ClFN4O5/c22-15-9-14(19(28)18(10-15)27(31)32)11-24-26-21(30)13-3-7-17(8-4-13)25-20(29)12-1-5-16(23)6-2-12/h1-11,28H,(H,25,29)(H,26,30)/b24-11-. The Kier molecular flexibility index (Phi) is 6.76. The third-order valence-corrected chi connectivity index (χ3v) is 4.38. The van der Waals surface area contributed by atoms with Gasteiger partial charge in [0, 0.05) is 33.5 Å². The van der Waals surface area contributed by atoms with Gasteiger partial charge in [0.1, 0.15) is 5.82 Å². The third-order valence-electron chi connectivity index (χ3n) is 4.16. The Morgan fingerprint density at radius 3 is 2.25 bits per heavy atom. The second-order valence-corrected chi connectivity index (χ2v) is 6.79. The summed E-state index contributed by atoms with van der Waals surface area (Å²) in [7, 11) is 0. The number of nitro benzene ring substituents is 1. The van der Waals surface area contributed by atoms with E-state index in [1.54, 1.807) is 0 Å². The lowest BCUT2D eigenvalue weighted by atomic mass is 10.1. The number of anilines is 1. The summed E-state index contributed by atoms with van der Waals surface area (Å²) in [5, 5.41) is 27.1. The summed E-state index contributed by atoms with van der Waals surface area (Å²) in [6, 6.07) is 13.1. The van der Waals surface area contributed by atoms with Crippen LogP contribution in [0.5, 0.6) is 5.75 Å². The van der Waals surface area contributed by atoms with Crippen molar-refractivity contribution in [3.63, 3.8) is 0 Å². The minimum atomic E-state index is -0.798. The van der Waals surface area contributed by atoms with Crippen molar-refractivity contribution >= 4 is 41.0 Å². The van der Waals surface area contributed by atoms with Crippen LogP contribution in [0.3, 0.4) is 0 Å². The lowest BCUT2D eigenvalue weighted by molar-refractivity contribution is -0.385. The molecule has 0 saturated carbocycles. The molecule has 3 N–H and O–H groups in total. The molecule has 11 heteroatoms. The maximum atomic E-state index is 12.9. The smallest absolute Gasteiger partial charge is 0.312 e. The molecule has 0 aliphatic carbocycles. The summed E-state index contributed by atoms with van der Waals surface area (Å²) >= 11 is 5.79. The molecule has 0 unspecified atom stereocenters. The molecule has 0 aromatic heterocycles. The maximum absolute atomic E-state index is 12.9. The number of rotatable bonds is 6. The zero-order valence-corrected chi connectivity index (χ0v) is 16.8. The molecule has 3 rings (SSSR count). The minimum Gasteiger partial charge on any atom is -0.502 e. The predicted octanol–water partition coefficient (Wildman–Crippen LogP) is 4.11. The highest BCUT2D eigenvalue weighted by molar-refractivity contribution is 6.31. The van der Waals surface area contributed by atoms with Gasteiger partial charge in [0.25, 0.3) is 11.8 Å². The molecule has 0 saturated heterocycles. The number of amides is 2. The number of nitro groups is 1. The molecule has 0 heterocycles. The number of nitrogens with zero attached hydrogens (tertiary/aromatic N) is 2. The van der Waals surface area contributed by atoms with Crippen molar-refractivity contribution in [1.82, 2.24) is 5.43 Å². The summed E-state index contributed by atoms with van der Waals surface area (Å²) in [4.78, 5) is 34.5. The average molecular weight is 457 g/mol. The van der Waals surface area contributed by atoms with E-state index in [9.17, 15) is 29.2 Å². The normalized spacial score (nSPS) is 10.7. The summed E-state index contributed by atoms with van der Waals surface area (Å²) in [6.45, 7) is 0. The lowest BCUT2D eigenvalue weighted by Crippen LogP contribution is -2.18. The lowest BCUT2D eigenvalue weighted by Gasteiger charge is -2.06. The monoisotopic (exact) mass is 456 g/mol. The molecule has 0 bridgehead atoms. The van der Waals surface area contributed by atoms with Gasteiger partial charge in [0.05, 0.1) is 11.1 Å². The first-order valence-corrected chi connectivity index (χ1v) is 9.29. The van der Waals surface area contributed by atoms with Gasteiger partial charge in [-0.3, -0.25) is 19.7 Å². The average Bonchev–Trinajstić information content (AvgIpc) is 2.76. The first-order chi connectivity index (χ1) is 15.2. The molecule has 162 valence electrons. The molecule has 0 atom stereocenters. The van der Waals surface area contributed by atoms with Crippen molar-refractivity contribution in [2.24, 2.45) is 5.10 Å². The van der Waals surface area contributed by atoms with Gasteiger partial charge in [0.15, 0.2) is 0 Å². The van der Waals surface area contributed by atoms with Gasteiger partial charge in [0.2, 0.25) is 5.75 Å². The van der Waals surface area contributed by atoms with Crippen LogP contribution < -0.4 is 10.7 Å². The van der Waals surface area contributed by atoms with Gasteiger partial charge < -0.3 is 10.4 Å². The van der Waals surface area contributed by atoms with Gasteiger partial charge in [-0.15, -0.1) is 0 Å². The van der Waals surface area contributed by atoms with Crippen LogP contribution in [0.4, 0.5) is 15.8 Å². The Morgan fingerprint density at radius 1 is 1.03 bits per heavy atom. The van der Waals surface area contributed by atoms with Crippen molar-refractivity contribution in [3.8, 4) is 5.75 Å². The Labute approximate surface area is 185 Å². The maximum Gasteiger partial charge on any atom is 0.312 e. The molecule has 32 heavy (non-hydrogen) atoms. The number of benzene rings is 3. The molecule has 2 amide bonds. The number of carbonyl (C=O) groups excluding carboxylic acids is 2. The predicted molar refractivity (Wildman–Crippen MR) is 116 cm³/mol. The van der Waals surface area contributed by atoms with E-state index < -0.39 is 34.0 Å². The summed E-state index contributed by atoms with van der Waals surface area (Å²) in [6.07, 6.45) is 1.02. The van der Waals surface area contributed by atoms with Crippen LogP contribution in [0, 0.1) is 15.9 Å². The molecule has 3 aromatic carbocycles. The molecule has 0 spiro atoms. The summed E-state index contributed by atoms with van der Waals surface area (Å²) in [5.74, 6) is -2.14. The van der Waals surface area contributed by atoms with Gasteiger partial charge in [-0.05, 0) is 54.6 Å². The van der Waals surface area contributed by atoms with Crippen molar-refractivity contribution in [2.75, 3.05) is 5.32 Å². The van der Waals surface area contributed by atoms with E-state index in [4.69, 9.17) is 11.6 Å². The number of halogens is 2. The van der Waals surface area contributed by atoms with Crippen LogP contribution in [0.2, 0.25) is 5.02 Å². The Balaban J connectivity index is 1.63. The van der Waals surface area contributed by atoms with Crippen molar-refractivity contribution in [1.29, 1.82) is 0 Å². The third kappa shape index (κ3) is 5.43. The molecule has 0 fully saturated rings. The second kappa shape index (κ2) is 9.67. The number of hydrogen-bond donors (Lipinski definition) is 3. The number of phenolic OH excluding ortho intramolecular Hbond substituents is 1. The molecular weight excluding hydrogens is 443 g/mol. The Bertz CT molecular complexity index is 1210. The second-order valence-electron chi connectivity index (χ2n) is 6.36. The fourth-order valence-electron chi connectivity index (χ4n) is 2.58. The molecule has 0 aliphatic heterocycles. The van der Waals surface area contributed by atoms with Crippen molar-refractivity contribution < 1.29 is 24.0 Å². The van der Waals surface area contributed by atoms with Crippen LogP contribution in [-0.2, 0) is 0 Å². The SMILES string of the molecule is O=C(N/N=C\c1cc(Cl)cc([N+](=O)[O-])c1O)c1ccc(NC(=O)c2ccc(F)cc2)cc1. The van der Waals surface area contributed by atoms with Gasteiger partial charge in [-0.25, -0.2) is 9.82 Å². The van der Waals surface area contributed by atoms with Gasteiger partial charge in [-0.2, -0.15) is 5.10 Å². The van der Waals surface area contributed by atoms with Crippen LogP contribution in [0.1, 0.15) is 26.3 Å². The number of nitrogens with one attached hydrogen (secondary N) is 2. The van der Waals surface area contributed by atoms with E-state index in [0.717, 1.165) is 12.3 Å². The van der Waals surface area contributed by atoms with E-state index >= 15 is 0 Å². The van der Waals surface area contributed by atoms with Gasteiger partial charge in [-0.1, -0.05) is 11.6 Å². The zero-order chi connectivity index (χ0) is 23.3. The highest BCUT2D eigenvalue weighted by Crippen LogP contribution is 2.32. The van der Waals surface area contributed by atoms with Crippen LogP contribution in [-0.4, -0.2) is 28.1 Å². The zero-order valence-electron chi connectivity index (χ0n) is 16.1. The van der Waals surface area contributed by atoms with E-state index in [1.807, 2.05) is 0 Å². The van der Waals surface area contributed by atoms with Crippen molar-refractivity contribution in [3.05, 3.63) is 98.3 Å². The number of aromatic hydroxyl groups is 1. The summed E-state index contributed by atoms with van der Waals surface area (Å²) in [5.41, 5.74) is 2.47. The van der Waals surface area contributed by atoms with E-state index in [0.29, 0.717) is 5.69 Å². The van der Waals surface area contributed by atoms with Crippen LogP contribution in [0.25, 0.3) is 0 Å². The molecular formula is C21H14ClFN4O5. The number of phenols is 1. The van der Waals surface area contributed by atoms with Crippen molar-refractivity contribution in [2.45, 2.75) is 0 Å². The van der Waals surface area contributed by atoms with Crippen LogP contribution in [0.15, 0.2) is 65.8 Å². The number of hydrogen-bond acceptors (Lipinski definition) is 6. The first-order valence-electron chi connectivity index (χ1n) is 8.92. The molecule has 0 aliphatic rings. The molecule has 9 nitrogen and oxygen atoms in total. The van der Waals surface area contributed by atoms with E-state index in [1.165, 1.54) is 54.6 Å². The molecule has 0 radical (unpaired) electrons. The fraction of sp³-hybridized carbons (Fsp3) is 0. The van der Waals surface area contributed by atoms with E-state index in [-0.39, 0.29) is 21.7 Å². The largest absolute Gasteiger partial charge is 0.502 e. The Hall–Kier alpha value is -4.31. The number of carbonyl (C=O) groups is 2. The van der Waals surface area contributed by atoms with E-state index in [2.05, 4.69) is 15.8 Å². The number of hydrazone groups is 1. The highest BCUT2D eigenvalue weighted by Gasteiger charge is 2.18. The minimum absolute atomic E-state index is 0.0144. The fourth-order valence-corrected chi connectivity index (χ4v) is 2.80. The highest BCUT2D eigenvalue weighted by atomic mass is 35.5. The first kappa shape index (κ1) is 22.4. The van der Waals surface area contributed by atoms with Gasteiger partial charge >= 0.3 is 5.69 Å². The molecule has 3 aromatic rings. The van der Waals surface area contributed by atoms with Crippen LogP contribution >= 0.6 is 11.6 Å². The summed E-state index contributed by atoms with van der Waals surface area (Å²) < 4.78 is 12.9.